The molecule has 0 saturated heterocycles. The van der Waals surface area contributed by atoms with Crippen LogP contribution in [0.25, 0.3) is 0 Å². The molecule has 0 radical (unpaired) electrons. The second kappa shape index (κ2) is 9.22. The molecule has 3 aromatic rings. The fourth-order valence-electron chi connectivity index (χ4n) is 3.16. The van der Waals surface area contributed by atoms with Gasteiger partial charge in [-0.25, -0.2) is 8.42 Å². The van der Waals surface area contributed by atoms with E-state index in [1.54, 1.807) is 32.0 Å². The van der Waals surface area contributed by atoms with Crippen molar-refractivity contribution in [3.63, 3.8) is 0 Å². The van der Waals surface area contributed by atoms with Crippen molar-refractivity contribution in [2.75, 3.05) is 11.1 Å². The molecule has 0 aliphatic carbocycles. The lowest BCUT2D eigenvalue weighted by atomic mass is 10.1. The molecular formula is C22H21NO8S2. The zero-order valence-corrected chi connectivity index (χ0v) is 19.3. The number of phenolic OH excluding ortho intramolecular Hbond substituents is 1. The van der Waals surface area contributed by atoms with E-state index in [4.69, 9.17) is 9.29 Å². The number of rotatable bonds is 7. The number of nitrogens with one attached hydrogen (secondary N) is 1. The van der Waals surface area contributed by atoms with Crippen LogP contribution in [0.1, 0.15) is 11.1 Å². The third-order valence-electron chi connectivity index (χ3n) is 4.55. The Balaban J connectivity index is 1.90. The van der Waals surface area contributed by atoms with Crippen molar-refractivity contribution in [3.8, 4) is 17.2 Å². The van der Waals surface area contributed by atoms with Crippen molar-refractivity contribution in [2.24, 2.45) is 0 Å². The predicted molar refractivity (Wildman–Crippen MR) is 121 cm³/mol. The lowest BCUT2D eigenvalue weighted by molar-refractivity contribution is -0.113. The standard InChI is InChI=1S/C22H21NO8S2/c1-14-10-16(23-21(25)13-32(26,27)28)11-15(2)22(14)31-17-8-9-19(24)20(12-17)33(29,30)18-6-4-3-5-7-18/h3-12,24H,13H2,1-2H3,(H,23,25)(H,26,27,28). The van der Waals surface area contributed by atoms with Gasteiger partial charge in [-0.3, -0.25) is 9.35 Å². The van der Waals surface area contributed by atoms with Crippen LogP contribution < -0.4 is 10.1 Å². The van der Waals surface area contributed by atoms with Crippen molar-refractivity contribution in [1.82, 2.24) is 0 Å². The highest BCUT2D eigenvalue weighted by molar-refractivity contribution is 7.91. The molecule has 0 unspecified atom stereocenters. The summed E-state index contributed by atoms with van der Waals surface area (Å²) in [4.78, 5) is 11.5. The van der Waals surface area contributed by atoms with Crippen molar-refractivity contribution >= 4 is 31.5 Å². The van der Waals surface area contributed by atoms with E-state index < -0.39 is 37.4 Å². The van der Waals surface area contributed by atoms with Gasteiger partial charge in [0.15, 0.2) is 5.75 Å². The minimum Gasteiger partial charge on any atom is -0.507 e. The summed E-state index contributed by atoms with van der Waals surface area (Å²) in [5.41, 5.74) is 1.43. The zero-order chi connectivity index (χ0) is 24.4. The van der Waals surface area contributed by atoms with Gasteiger partial charge in [0.1, 0.15) is 22.1 Å². The third-order valence-corrected chi connectivity index (χ3v) is 6.98. The first-order chi connectivity index (χ1) is 15.4. The molecule has 0 atom stereocenters. The first-order valence-corrected chi connectivity index (χ1v) is 12.6. The maximum absolute atomic E-state index is 12.9. The van der Waals surface area contributed by atoms with Crippen LogP contribution in [0, 0.1) is 13.8 Å². The van der Waals surface area contributed by atoms with Crippen LogP contribution in [-0.2, 0) is 24.7 Å². The fourth-order valence-corrected chi connectivity index (χ4v) is 4.95. The molecule has 174 valence electrons. The van der Waals surface area contributed by atoms with Crippen molar-refractivity contribution < 1.29 is 36.0 Å². The number of amides is 1. The zero-order valence-electron chi connectivity index (χ0n) is 17.6. The lowest BCUT2D eigenvalue weighted by Crippen LogP contribution is -2.22. The molecule has 0 heterocycles. The Bertz CT molecular complexity index is 1390. The number of aromatic hydroxyl groups is 1. The molecule has 0 saturated carbocycles. The Morgan fingerprint density at radius 3 is 2.12 bits per heavy atom. The summed E-state index contributed by atoms with van der Waals surface area (Å²) in [6.07, 6.45) is 0. The number of aryl methyl sites for hydroxylation is 2. The second-order valence-electron chi connectivity index (χ2n) is 7.26. The minimum atomic E-state index is -4.46. The number of ether oxygens (including phenoxy) is 1. The molecule has 0 bridgehead atoms. The molecule has 0 fully saturated rings. The average molecular weight is 492 g/mol. The summed E-state index contributed by atoms with van der Waals surface area (Å²) in [6, 6.07) is 14.6. The van der Waals surface area contributed by atoms with Gasteiger partial charge >= 0.3 is 0 Å². The van der Waals surface area contributed by atoms with E-state index in [2.05, 4.69) is 5.32 Å². The highest BCUT2D eigenvalue weighted by Crippen LogP contribution is 2.36. The molecular weight excluding hydrogens is 470 g/mol. The van der Waals surface area contributed by atoms with Crippen molar-refractivity contribution in [3.05, 3.63) is 71.8 Å². The number of carbonyl (C=O) groups excluding carboxylic acids is 1. The summed E-state index contributed by atoms with van der Waals surface area (Å²) < 4.78 is 62.2. The Hall–Kier alpha value is -3.41. The van der Waals surface area contributed by atoms with Gasteiger partial charge in [-0.15, -0.1) is 0 Å². The van der Waals surface area contributed by atoms with E-state index in [1.165, 1.54) is 42.5 Å². The van der Waals surface area contributed by atoms with E-state index in [1.807, 2.05) is 0 Å². The molecule has 9 nitrogen and oxygen atoms in total. The Morgan fingerprint density at radius 1 is 0.939 bits per heavy atom. The summed E-state index contributed by atoms with van der Waals surface area (Å²) in [5, 5.41) is 12.6. The van der Waals surface area contributed by atoms with Crippen molar-refractivity contribution in [2.45, 2.75) is 23.6 Å². The number of benzene rings is 3. The van der Waals surface area contributed by atoms with Gasteiger partial charge in [-0.1, -0.05) is 18.2 Å². The summed E-state index contributed by atoms with van der Waals surface area (Å²) in [5.74, 6) is -1.85. The number of hydrogen-bond donors (Lipinski definition) is 3. The minimum absolute atomic E-state index is 0.0230. The SMILES string of the molecule is Cc1cc(NC(=O)CS(=O)(=O)O)cc(C)c1Oc1ccc(O)c(S(=O)(=O)c2ccccc2)c1. The maximum Gasteiger partial charge on any atom is 0.274 e. The van der Waals surface area contributed by atoms with Crippen LogP contribution in [0.4, 0.5) is 5.69 Å². The van der Waals surface area contributed by atoms with Crippen LogP contribution >= 0.6 is 0 Å². The Labute approximate surface area is 191 Å². The summed E-state index contributed by atoms with van der Waals surface area (Å²) in [7, 11) is -8.45. The smallest absolute Gasteiger partial charge is 0.274 e. The molecule has 3 rings (SSSR count). The maximum atomic E-state index is 12.9. The molecule has 0 spiro atoms. The van der Waals surface area contributed by atoms with Crippen LogP contribution in [0.3, 0.4) is 0 Å². The van der Waals surface area contributed by atoms with Crippen LogP contribution in [0.15, 0.2) is 70.5 Å². The first kappa shape index (κ1) is 24.2. The van der Waals surface area contributed by atoms with E-state index in [0.29, 0.717) is 22.6 Å². The number of anilines is 1. The second-order valence-corrected chi connectivity index (χ2v) is 10.6. The first-order valence-electron chi connectivity index (χ1n) is 9.54. The lowest BCUT2D eigenvalue weighted by Gasteiger charge is -2.15. The highest BCUT2D eigenvalue weighted by atomic mass is 32.2. The molecule has 3 N–H and O–H groups in total. The summed E-state index contributed by atoms with van der Waals surface area (Å²) >= 11 is 0. The quantitative estimate of drug-likeness (QED) is 0.426. The van der Waals surface area contributed by atoms with E-state index in [0.717, 1.165) is 0 Å². The Kier molecular flexibility index (Phi) is 6.77. The van der Waals surface area contributed by atoms with Gasteiger partial charge < -0.3 is 15.2 Å². The molecule has 33 heavy (non-hydrogen) atoms. The molecule has 3 aromatic carbocycles. The van der Waals surface area contributed by atoms with E-state index in [9.17, 15) is 26.7 Å². The largest absolute Gasteiger partial charge is 0.507 e. The topological polar surface area (TPSA) is 147 Å². The molecule has 1 amide bonds. The van der Waals surface area contributed by atoms with Gasteiger partial charge in [-0.2, -0.15) is 8.42 Å². The Morgan fingerprint density at radius 2 is 1.55 bits per heavy atom. The van der Waals surface area contributed by atoms with Gasteiger partial charge in [0.2, 0.25) is 15.7 Å². The summed E-state index contributed by atoms with van der Waals surface area (Å²) in [6.45, 7) is 3.37. The van der Waals surface area contributed by atoms with E-state index in [-0.39, 0.29) is 15.5 Å². The van der Waals surface area contributed by atoms with Gasteiger partial charge in [-0.05, 0) is 61.4 Å². The molecule has 11 heteroatoms. The number of sulfone groups is 1. The number of phenols is 1. The van der Waals surface area contributed by atoms with Gasteiger partial charge in [0, 0.05) is 11.8 Å². The van der Waals surface area contributed by atoms with Crippen LogP contribution in [0.2, 0.25) is 0 Å². The fraction of sp³-hybridized carbons (Fsp3) is 0.136. The van der Waals surface area contributed by atoms with Gasteiger partial charge in [0.25, 0.3) is 10.1 Å². The van der Waals surface area contributed by atoms with Crippen LogP contribution in [0.5, 0.6) is 17.2 Å². The third kappa shape index (κ3) is 5.89. The van der Waals surface area contributed by atoms with E-state index >= 15 is 0 Å². The van der Waals surface area contributed by atoms with Crippen LogP contribution in [-0.4, -0.2) is 38.2 Å². The van der Waals surface area contributed by atoms with Gasteiger partial charge in [0.05, 0.1) is 4.90 Å². The monoisotopic (exact) mass is 491 g/mol. The molecule has 0 aliphatic rings. The molecule has 0 aromatic heterocycles. The van der Waals surface area contributed by atoms with Crippen molar-refractivity contribution in [1.29, 1.82) is 0 Å². The average Bonchev–Trinajstić information content (AvgIpc) is 2.71. The predicted octanol–water partition coefficient (Wildman–Crippen LogP) is 3.46. The highest BCUT2D eigenvalue weighted by Gasteiger charge is 2.23. The number of hydrogen-bond acceptors (Lipinski definition) is 7. The normalized spacial score (nSPS) is 11.7. The molecule has 0 aliphatic heterocycles. The number of carbonyl (C=O) groups is 1.